The zero-order valence-corrected chi connectivity index (χ0v) is 12.5. The second-order valence-electron chi connectivity index (χ2n) is 3.37. The van der Waals surface area contributed by atoms with E-state index >= 15 is 0 Å². The van der Waals surface area contributed by atoms with Gasteiger partial charge in [-0.3, -0.25) is 5.43 Å². The molecule has 0 saturated carbocycles. The lowest BCUT2D eigenvalue weighted by atomic mass is 10.5. The van der Waals surface area contributed by atoms with E-state index in [9.17, 15) is 0 Å². The molecule has 0 bridgehead atoms. The number of hydrazine groups is 1. The van der Waals surface area contributed by atoms with Gasteiger partial charge in [0.25, 0.3) is 0 Å². The van der Waals surface area contributed by atoms with E-state index in [0.29, 0.717) is 5.95 Å². The molecule has 1 aromatic heterocycles. The highest BCUT2D eigenvalue weighted by atomic mass is 79.9. The van der Waals surface area contributed by atoms with Gasteiger partial charge in [0, 0.05) is 18.5 Å². The van der Waals surface area contributed by atoms with E-state index in [2.05, 4.69) is 50.1 Å². The van der Waals surface area contributed by atoms with Crippen molar-refractivity contribution in [2.24, 2.45) is 5.84 Å². The van der Waals surface area contributed by atoms with Crippen LogP contribution in [0.5, 0.6) is 0 Å². The van der Waals surface area contributed by atoms with Crippen LogP contribution < -0.4 is 11.3 Å². The predicted octanol–water partition coefficient (Wildman–Crippen LogP) is 1.96. The summed E-state index contributed by atoms with van der Waals surface area (Å²) in [6.45, 7) is 7.56. The third-order valence-electron chi connectivity index (χ3n) is 2.38. The highest BCUT2D eigenvalue weighted by Crippen LogP contribution is 2.25. The van der Waals surface area contributed by atoms with Crippen molar-refractivity contribution in [3.8, 4) is 0 Å². The van der Waals surface area contributed by atoms with Crippen LogP contribution in [0.4, 0.5) is 5.95 Å². The first kappa shape index (κ1) is 14.7. The lowest BCUT2D eigenvalue weighted by Crippen LogP contribution is -2.25. The van der Waals surface area contributed by atoms with E-state index in [4.69, 9.17) is 5.84 Å². The quantitative estimate of drug-likeness (QED) is 0.346. The SMILES string of the molecule is CCN(CC)CCSc1nc(NN)ncc1Br. The van der Waals surface area contributed by atoms with Crippen LogP contribution in [0.15, 0.2) is 15.7 Å². The Balaban J connectivity index is 2.50. The molecule has 1 aromatic rings. The summed E-state index contributed by atoms with van der Waals surface area (Å²) in [5.41, 5.74) is 2.45. The molecular formula is C10H18BrN5S. The molecule has 0 aliphatic carbocycles. The van der Waals surface area contributed by atoms with Crippen molar-refractivity contribution >= 4 is 33.6 Å². The number of thioether (sulfide) groups is 1. The van der Waals surface area contributed by atoms with Gasteiger partial charge >= 0.3 is 0 Å². The maximum absolute atomic E-state index is 5.28. The van der Waals surface area contributed by atoms with Gasteiger partial charge < -0.3 is 4.90 Å². The molecule has 0 saturated heterocycles. The summed E-state index contributed by atoms with van der Waals surface area (Å²) >= 11 is 5.13. The van der Waals surface area contributed by atoms with Gasteiger partial charge in [0.05, 0.1) is 4.47 Å². The molecule has 5 nitrogen and oxygen atoms in total. The van der Waals surface area contributed by atoms with Gasteiger partial charge in [-0.1, -0.05) is 13.8 Å². The number of nitrogen functional groups attached to an aromatic ring is 1. The third kappa shape index (κ3) is 4.79. The van der Waals surface area contributed by atoms with Crippen molar-refractivity contribution in [3.05, 3.63) is 10.7 Å². The maximum Gasteiger partial charge on any atom is 0.238 e. The Morgan fingerprint density at radius 1 is 1.47 bits per heavy atom. The topological polar surface area (TPSA) is 67.1 Å². The summed E-state index contributed by atoms with van der Waals surface area (Å²) in [6.07, 6.45) is 1.71. The van der Waals surface area contributed by atoms with Crippen molar-refractivity contribution in [1.29, 1.82) is 0 Å². The van der Waals surface area contributed by atoms with Crippen LogP contribution in [0.1, 0.15) is 13.8 Å². The minimum atomic E-state index is 0.443. The lowest BCUT2D eigenvalue weighted by molar-refractivity contribution is 0.324. The van der Waals surface area contributed by atoms with E-state index in [1.165, 1.54) is 0 Å². The molecule has 7 heteroatoms. The van der Waals surface area contributed by atoms with Crippen LogP contribution >= 0.6 is 27.7 Å². The molecule has 0 fully saturated rings. The molecule has 0 atom stereocenters. The average molecular weight is 320 g/mol. The Hall–Kier alpha value is -0.370. The molecule has 96 valence electrons. The molecule has 0 unspecified atom stereocenters. The number of rotatable bonds is 7. The first-order valence-corrected chi connectivity index (χ1v) is 7.33. The smallest absolute Gasteiger partial charge is 0.238 e. The molecule has 0 aromatic carbocycles. The number of aromatic nitrogens is 2. The third-order valence-corrected chi connectivity index (χ3v) is 4.20. The van der Waals surface area contributed by atoms with E-state index in [1.807, 2.05) is 0 Å². The summed E-state index contributed by atoms with van der Waals surface area (Å²) in [6, 6.07) is 0. The zero-order valence-electron chi connectivity index (χ0n) is 10.1. The number of hydrogen-bond donors (Lipinski definition) is 2. The lowest BCUT2D eigenvalue weighted by Gasteiger charge is -2.17. The van der Waals surface area contributed by atoms with E-state index in [1.54, 1.807) is 18.0 Å². The molecule has 0 radical (unpaired) electrons. The van der Waals surface area contributed by atoms with E-state index in [0.717, 1.165) is 34.9 Å². The van der Waals surface area contributed by atoms with Gasteiger partial charge in [-0.2, -0.15) is 0 Å². The van der Waals surface area contributed by atoms with Crippen molar-refractivity contribution in [3.63, 3.8) is 0 Å². The number of nitrogens with two attached hydrogens (primary N) is 1. The summed E-state index contributed by atoms with van der Waals surface area (Å²) in [5, 5.41) is 0.917. The van der Waals surface area contributed by atoms with Crippen molar-refractivity contribution in [1.82, 2.24) is 14.9 Å². The summed E-state index contributed by atoms with van der Waals surface area (Å²) < 4.78 is 0.904. The fraction of sp³-hybridized carbons (Fsp3) is 0.600. The Morgan fingerprint density at radius 2 is 2.18 bits per heavy atom. The number of nitrogens with zero attached hydrogens (tertiary/aromatic N) is 3. The van der Waals surface area contributed by atoms with Crippen LogP contribution in [0.3, 0.4) is 0 Å². The Kier molecular flexibility index (Phi) is 6.79. The van der Waals surface area contributed by atoms with Gasteiger partial charge in [0.2, 0.25) is 5.95 Å². The van der Waals surface area contributed by atoms with Crippen LogP contribution in [0, 0.1) is 0 Å². The number of hydrogen-bond acceptors (Lipinski definition) is 6. The van der Waals surface area contributed by atoms with Crippen LogP contribution in [0.25, 0.3) is 0 Å². The van der Waals surface area contributed by atoms with Gasteiger partial charge in [-0.25, -0.2) is 15.8 Å². The molecule has 1 heterocycles. The highest BCUT2D eigenvalue weighted by molar-refractivity contribution is 9.10. The van der Waals surface area contributed by atoms with Crippen molar-refractivity contribution < 1.29 is 0 Å². The van der Waals surface area contributed by atoms with Crippen LogP contribution in [-0.2, 0) is 0 Å². The Labute approximate surface area is 115 Å². The monoisotopic (exact) mass is 319 g/mol. The predicted molar refractivity (Wildman–Crippen MR) is 76.1 cm³/mol. The minimum Gasteiger partial charge on any atom is -0.303 e. The molecule has 0 aliphatic rings. The summed E-state index contributed by atoms with van der Waals surface area (Å²) in [5.74, 6) is 6.73. The fourth-order valence-corrected chi connectivity index (χ4v) is 2.75. The Morgan fingerprint density at radius 3 is 2.76 bits per heavy atom. The van der Waals surface area contributed by atoms with Gasteiger partial charge in [-0.15, -0.1) is 11.8 Å². The first-order chi connectivity index (χ1) is 8.21. The second kappa shape index (κ2) is 7.86. The molecule has 0 spiro atoms. The standard InChI is InChI=1S/C10H18BrN5S/c1-3-16(4-2)5-6-17-9-8(11)7-13-10(14-9)15-12/h7H,3-6,12H2,1-2H3,(H,13,14,15). The first-order valence-electron chi connectivity index (χ1n) is 5.55. The summed E-state index contributed by atoms with van der Waals surface area (Å²) in [7, 11) is 0. The molecule has 17 heavy (non-hydrogen) atoms. The fourth-order valence-electron chi connectivity index (χ4n) is 1.33. The van der Waals surface area contributed by atoms with Gasteiger partial charge in [-0.05, 0) is 29.0 Å². The molecule has 0 aliphatic heterocycles. The largest absolute Gasteiger partial charge is 0.303 e. The highest BCUT2D eigenvalue weighted by Gasteiger charge is 2.06. The van der Waals surface area contributed by atoms with Crippen molar-refractivity contribution in [2.75, 3.05) is 30.8 Å². The van der Waals surface area contributed by atoms with Crippen LogP contribution in [-0.4, -0.2) is 40.3 Å². The summed E-state index contributed by atoms with van der Waals surface area (Å²) in [4.78, 5) is 10.7. The van der Waals surface area contributed by atoms with E-state index < -0.39 is 0 Å². The van der Waals surface area contributed by atoms with E-state index in [-0.39, 0.29) is 0 Å². The maximum atomic E-state index is 5.28. The second-order valence-corrected chi connectivity index (χ2v) is 5.30. The molecule has 3 N–H and O–H groups in total. The molecular weight excluding hydrogens is 302 g/mol. The minimum absolute atomic E-state index is 0.443. The molecule has 0 amide bonds. The molecule has 1 rings (SSSR count). The number of nitrogens with one attached hydrogen (secondary N) is 1. The number of halogens is 1. The normalized spacial score (nSPS) is 10.9. The van der Waals surface area contributed by atoms with Crippen LogP contribution in [0.2, 0.25) is 0 Å². The van der Waals surface area contributed by atoms with Crippen molar-refractivity contribution in [2.45, 2.75) is 18.9 Å². The van der Waals surface area contributed by atoms with Gasteiger partial charge in [0.1, 0.15) is 5.03 Å². The number of anilines is 1. The zero-order chi connectivity index (χ0) is 12.7. The average Bonchev–Trinajstić information content (AvgIpc) is 2.36. The Bertz CT molecular complexity index is 345. The van der Waals surface area contributed by atoms with Gasteiger partial charge in [0.15, 0.2) is 0 Å².